The number of nitrogens with two attached hydrogens (primary N) is 2. The zero-order chi connectivity index (χ0) is 29.5. The molecule has 1 atom stereocenters. The Hall–Kier alpha value is -3.55. The fourth-order valence-electron chi connectivity index (χ4n) is 4.32. The molecule has 1 aromatic rings. The molecule has 0 radical (unpaired) electrons. The average molecular weight is 564 g/mol. The fourth-order valence-corrected chi connectivity index (χ4v) is 4.32. The first-order chi connectivity index (χ1) is 18.8. The molecule has 0 saturated carbocycles. The lowest BCUT2D eigenvalue weighted by Crippen LogP contribution is -2.54. The summed E-state index contributed by atoms with van der Waals surface area (Å²) in [6, 6.07) is -0.0173. The number of carbonyl (C=O) groups excluding carboxylic acids is 2. The summed E-state index contributed by atoms with van der Waals surface area (Å²) in [5, 5.41) is 8.18. The van der Waals surface area contributed by atoms with Crippen LogP contribution in [0.2, 0.25) is 0 Å². The average Bonchev–Trinajstić information content (AvgIpc) is 3.35. The number of nitrogens with one attached hydrogen (secondary N) is 1. The summed E-state index contributed by atoms with van der Waals surface area (Å²) in [7, 11) is 0. The van der Waals surface area contributed by atoms with Crippen LogP contribution in [0.15, 0.2) is 17.5 Å². The Morgan fingerprint density at radius 1 is 1.12 bits per heavy atom. The Balaban J connectivity index is 1.41. The molecule has 2 aliphatic rings. The second-order valence-electron chi connectivity index (χ2n) is 11.6. The molecule has 0 bridgehead atoms. The van der Waals surface area contributed by atoms with Crippen molar-refractivity contribution in [2.45, 2.75) is 78.0 Å². The molecular formula is C26H45N9O5. The Morgan fingerprint density at radius 3 is 2.38 bits per heavy atom. The van der Waals surface area contributed by atoms with Crippen LogP contribution in [0.25, 0.3) is 0 Å². The molecule has 3 heterocycles. The van der Waals surface area contributed by atoms with Gasteiger partial charge in [-0.05, 0) is 66.7 Å². The fraction of sp³-hybridized carbons (Fsp3) is 0.731. The molecule has 1 unspecified atom stereocenters. The van der Waals surface area contributed by atoms with Gasteiger partial charge < -0.3 is 35.1 Å². The second-order valence-corrected chi connectivity index (χ2v) is 11.6. The first-order valence-corrected chi connectivity index (χ1v) is 13.8. The van der Waals surface area contributed by atoms with E-state index in [1.165, 1.54) is 0 Å². The number of hydrazine groups is 1. The number of piperidine rings is 1. The third kappa shape index (κ3) is 8.73. The molecule has 3 rings (SSSR count). The van der Waals surface area contributed by atoms with Gasteiger partial charge in [0.2, 0.25) is 11.9 Å². The molecule has 0 aliphatic carbocycles. The van der Waals surface area contributed by atoms with Gasteiger partial charge in [0.05, 0.1) is 31.6 Å². The molecule has 2 fully saturated rings. The van der Waals surface area contributed by atoms with E-state index in [0.717, 1.165) is 30.9 Å². The molecular weight excluding hydrogens is 518 g/mol. The SMILES string of the molecule is CCOC(=O)C(C)(C)N(N)/N=C(\N)N1CCC(COc2cnc(N3CCC(NC(=O)OC(C)(C)C)C3)nc2)CC1. The number of ether oxygens (including phenoxy) is 3. The Morgan fingerprint density at radius 2 is 1.77 bits per heavy atom. The molecule has 1 aromatic heterocycles. The highest BCUT2D eigenvalue weighted by atomic mass is 16.6. The normalized spacial score (nSPS) is 18.9. The van der Waals surface area contributed by atoms with Gasteiger partial charge in [0, 0.05) is 26.2 Å². The zero-order valence-electron chi connectivity index (χ0n) is 24.6. The van der Waals surface area contributed by atoms with Crippen LogP contribution in [-0.4, -0.2) is 94.6 Å². The minimum absolute atomic E-state index is 0.0173. The standard InChI is InChI=1S/C26H45N9O5/c1-7-38-21(36)26(5,6)35(28)32-22(27)33-11-8-18(9-12-33)17-39-20-14-29-23(30-15-20)34-13-10-19(16-34)31-24(37)40-25(2,3)4/h14-15,18-19H,7-13,16-17,28H2,1-6H3,(H2,27,32)(H,31,37). The Bertz CT molecular complexity index is 1020. The quantitative estimate of drug-likeness (QED) is 0.130. The summed E-state index contributed by atoms with van der Waals surface area (Å²) < 4.78 is 16.4. The Kier molecular flexibility index (Phi) is 10.2. The summed E-state index contributed by atoms with van der Waals surface area (Å²) >= 11 is 0. The van der Waals surface area contributed by atoms with Gasteiger partial charge in [0.25, 0.3) is 0 Å². The monoisotopic (exact) mass is 563 g/mol. The van der Waals surface area contributed by atoms with E-state index in [2.05, 4.69) is 20.4 Å². The van der Waals surface area contributed by atoms with Crippen molar-refractivity contribution >= 4 is 24.0 Å². The molecule has 2 aliphatic heterocycles. The maximum Gasteiger partial charge on any atom is 0.407 e. The van der Waals surface area contributed by atoms with E-state index in [0.29, 0.717) is 43.9 Å². The summed E-state index contributed by atoms with van der Waals surface area (Å²) in [5.41, 5.74) is 4.50. The van der Waals surface area contributed by atoms with E-state index in [1.807, 2.05) is 30.6 Å². The Labute approximate surface area is 236 Å². The van der Waals surface area contributed by atoms with Crippen molar-refractivity contribution in [3.8, 4) is 5.75 Å². The lowest BCUT2D eigenvalue weighted by Gasteiger charge is -2.35. The highest BCUT2D eigenvalue weighted by molar-refractivity contribution is 5.81. The number of esters is 1. The van der Waals surface area contributed by atoms with E-state index >= 15 is 0 Å². The minimum atomic E-state index is -1.14. The zero-order valence-corrected chi connectivity index (χ0v) is 24.6. The molecule has 40 heavy (non-hydrogen) atoms. The molecule has 224 valence electrons. The number of nitrogens with zero attached hydrogens (tertiary/aromatic N) is 6. The van der Waals surface area contributed by atoms with E-state index in [9.17, 15) is 9.59 Å². The van der Waals surface area contributed by atoms with Crippen molar-refractivity contribution in [3.05, 3.63) is 12.4 Å². The largest absolute Gasteiger partial charge is 0.490 e. The van der Waals surface area contributed by atoms with Crippen molar-refractivity contribution in [1.29, 1.82) is 0 Å². The molecule has 14 heteroatoms. The van der Waals surface area contributed by atoms with Crippen molar-refractivity contribution < 1.29 is 23.8 Å². The molecule has 14 nitrogen and oxygen atoms in total. The smallest absolute Gasteiger partial charge is 0.407 e. The number of anilines is 1. The summed E-state index contributed by atoms with van der Waals surface area (Å²) in [6.07, 6.45) is 5.46. The van der Waals surface area contributed by atoms with Crippen LogP contribution in [-0.2, 0) is 14.3 Å². The maximum absolute atomic E-state index is 12.2. The lowest BCUT2D eigenvalue weighted by molar-refractivity contribution is -0.156. The number of alkyl carbamates (subject to hydrolysis) is 1. The second kappa shape index (κ2) is 13.2. The topological polar surface area (TPSA) is 174 Å². The number of likely N-dealkylation sites (tertiary alicyclic amines) is 1. The predicted molar refractivity (Wildman–Crippen MR) is 150 cm³/mol. The summed E-state index contributed by atoms with van der Waals surface area (Å²) in [6.45, 7) is 14.1. The number of guanidine groups is 1. The van der Waals surface area contributed by atoms with E-state index < -0.39 is 23.2 Å². The predicted octanol–water partition coefficient (Wildman–Crippen LogP) is 1.42. The number of amides is 1. The van der Waals surface area contributed by atoms with Gasteiger partial charge in [-0.1, -0.05) is 0 Å². The highest BCUT2D eigenvalue weighted by Crippen LogP contribution is 2.22. The van der Waals surface area contributed by atoms with Gasteiger partial charge >= 0.3 is 12.1 Å². The minimum Gasteiger partial charge on any atom is -0.490 e. The van der Waals surface area contributed by atoms with Gasteiger partial charge in [-0.3, -0.25) is 0 Å². The van der Waals surface area contributed by atoms with Gasteiger partial charge in [-0.25, -0.2) is 30.5 Å². The maximum atomic E-state index is 12.2. The van der Waals surface area contributed by atoms with Crippen LogP contribution in [0.5, 0.6) is 5.75 Å². The third-order valence-electron chi connectivity index (χ3n) is 6.79. The van der Waals surface area contributed by atoms with Crippen molar-refractivity contribution in [1.82, 2.24) is 25.3 Å². The van der Waals surface area contributed by atoms with Crippen LogP contribution in [0.3, 0.4) is 0 Å². The van der Waals surface area contributed by atoms with Crippen molar-refractivity contribution in [2.75, 3.05) is 44.3 Å². The van der Waals surface area contributed by atoms with Crippen LogP contribution in [0.4, 0.5) is 10.7 Å². The van der Waals surface area contributed by atoms with E-state index in [1.54, 1.807) is 33.2 Å². The highest BCUT2D eigenvalue weighted by Gasteiger charge is 2.35. The number of carbonyl (C=O) groups is 2. The van der Waals surface area contributed by atoms with Crippen LogP contribution in [0, 0.1) is 5.92 Å². The molecule has 5 N–H and O–H groups in total. The molecule has 0 spiro atoms. The van der Waals surface area contributed by atoms with Crippen LogP contribution in [0.1, 0.15) is 60.8 Å². The number of aromatic nitrogens is 2. The molecule has 2 saturated heterocycles. The third-order valence-corrected chi connectivity index (χ3v) is 6.79. The number of hydrogen-bond donors (Lipinski definition) is 3. The van der Waals surface area contributed by atoms with Gasteiger partial charge in [-0.2, -0.15) is 0 Å². The van der Waals surface area contributed by atoms with Gasteiger partial charge in [-0.15, -0.1) is 5.10 Å². The molecule has 1 amide bonds. The first-order valence-electron chi connectivity index (χ1n) is 13.8. The van der Waals surface area contributed by atoms with Crippen molar-refractivity contribution in [2.24, 2.45) is 22.6 Å². The summed E-state index contributed by atoms with van der Waals surface area (Å²) in [5.74, 6) is 7.34. The van der Waals surface area contributed by atoms with E-state index in [4.69, 9.17) is 25.8 Å². The van der Waals surface area contributed by atoms with Crippen LogP contribution >= 0.6 is 0 Å². The summed E-state index contributed by atoms with van der Waals surface area (Å²) in [4.78, 5) is 37.1. The molecule has 0 aromatic carbocycles. The number of hydrazone groups is 1. The van der Waals surface area contributed by atoms with Crippen molar-refractivity contribution in [3.63, 3.8) is 0 Å². The van der Waals surface area contributed by atoms with Gasteiger partial charge in [0.15, 0.2) is 11.3 Å². The number of rotatable bonds is 9. The van der Waals surface area contributed by atoms with E-state index in [-0.39, 0.29) is 18.6 Å². The number of hydrogen-bond acceptors (Lipinski definition) is 11. The first kappa shape index (κ1) is 31.0. The lowest BCUT2D eigenvalue weighted by atomic mass is 9.98. The van der Waals surface area contributed by atoms with Gasteiger partial charge in [0.1, 0.15) is 5.60 Å². The van der Waals surface area contributed by atoms with Crippen LogP contribution < -0.4 is 26.5 Å².